The van der Waals surface area contributed by atoms with E-state index in [0.29, 0.717) is 11.3 Å². The molecule has 1 aliphatic rings. The Bertz CT molecular complexity index is 916. The number of carbonyl (C=O) groups is 1. The van der Waals surface area contributed by atoms with Crippen LogP contribution in [0.4, 0.5) is 0 Å². The number of fused-ring (bicyclic) bond motifs is 2. The zero-order valence-electron chi connectivity index (χ0n) is 12.8. The first-order valence-electron chi connectivity index (χ1n) is 7.44. The summed E-state index contributed by atoms with van der Waals surface area (Å²) >= 11 is 5.20. The lowest BCUT2D eigenvalue weighted by Gasteiger charge is -2.33. The summed E-state index contributed by atoms with van der Waals surface area (Å²) in [5.74, 6) is -0.0337. The second-order valence-electron chi connectivity index (χ2n) is 5.76. The molecule has 0 bridgehead atoms. The number of hydrogen-bond acceptors (Lipinski definition) is 4. The normalized spacial score (nSPS) is 17.5. The monoisotopic (exact) mass is 390 g/mol. The standard InChI is InChI=1S/C16H15BrN4OS/c1-9-5-12-10(2)20(4-3-14(12)23-9)16(22)13-6-15-18-7-11(17)8-21(15)19-13/h5-8,10H,3-4H2,1-2H3. The highest BCUT2D eigenvalue weighted by Crippen LogP contribution is 2.35. The van der Waals surface area contributed by atoms with Crippen LogP contribution in [-0.2, 0) is 6.42 Å². The second kappa shape index (κ2) is 5.42. The number of amides is 1. The van der Waals surface area contributed by atoms with Gasteiger partial charge in [-0.1, -0.05) is 0 Å². The van der Waals surface area contributed by atoms with E-state index < -0.39 is 0 Å². The van der Waals surface area contributed by atoms with E-state index in [4.69, 9.17) is 0 Å². The van der Waals surface area contributed by atoms with Crippen LogP contribution in [-0.4, -0.2) is 31.9 Å². The Morgan fingerprint density at radius 1 is 1.43 bits per heavy atom. The highest BCUT2D eigenvalue weighted by Gasteiger charge is 2.30. The van der Waals surface area contributed by atoms with Gasteiger partial charge in [0.25, 0.3) is 5.91 Å². The predicted octanol–water partition coefficient (Wildman–Crippen LogP) is 3.62. The number of nitrogens with zero attached hydrogens (tertiary/aromatic N) is 4. The van der Waals surface area contributed by atoms with Crippen LogP contribution in [0.15, 0.2) is 29.0 Å². The number of carbonyl (C=O) groups excluding carboxylic acids is 1. The molecule has 23 heavy (non-hydrogen) atoms. The van der Waals surface area contributed by atoms with Gasteiger partial charge in [-0.05, 0) is 47.8 Å². The van der Waals surface area contributed by atoms with Crippen LogP contribution in [0, 0.1) is 6.92 Å². The highest BCUT2D eigenvalue weighted by molar-refractivity contribution is 9.10. The van der Waals surface area contributed by atoms with Crippen LogP contribution >= 0.6 is 27.3 Å². The molecule has 0 saturated carbocycles. The van der Waals surface area contributed by atoms with Crippen LogP contribution in [0.25, 0.3) is 5.65 Å². The van der Waals surface area contributed by atoms with Gasteiger partial charge in [0.05, 0.1) is 10.5 Å². The number of thiophene rings is 1. The van der Waals surface area contributed by atoms with Crippen molar-refractivity contribution < 1.29 is 4.79 Å². The fourth-order valence-corrected chi connectivity index (χ4v) is 4.51. The summed E-state index contributed by atoms with van der Waals surface area (Å²) in [7, 11) is 0. The Balaban J connectivity index is 1.68. The maximum Gasteiger partial charge on any atom is 0.274 e. The van der Waals surface area contributed by atoms with Crippen molar-refractivity contribution in [2.75, 3.05) is 6.54 Å². The summed E-state index contributed by atoms with van der Waals surface area (Å²) in [6.07, 6.45) is 4.43. The van der Waals surface area contributed by atoms with Crippen molar-refractivity contribution in [3.8, 4) is 0 Å². The smallest absolute Gasteiger partial charge is 0.274 e. The van der Waals surface area contributed by atoms with E-state index >= 15 is 0 Å². The average molecular weight is 391 g/mol. The van der Waals surface area contributed by atoms with Crippen LogP contribution in [0.3, 0.4) is 0 Å². The van der Waals surface area contributed by atoms with E-state index in [1.54, 1.807) is 23.0 Å². The zero-order valence-corrected chi connectivity index (χ0v) is 15.2. The average Bonchev–Trinajstić information content (AvgIpc) is 3.09. The molecule has 0 fully saturated rings. The first-order chi connectivity index (χ1) is 11.0. The van der Waals surface area contributed by atoms with Crippen molar-refractivity contribution in [1.29, 1.82) is 0 Å². The molecule has 0 aromatic carbocycles. The van der Waals surface area contributed by atoms with Crippen molar-refractivity contribution >= 4 is 38.8 Å². The molecule has 3 aromatic heterocycles. The molecule has 1 unspecified atom stereocenters. The fourth-order valence-electron chi connectivity index (χ4n) is 3.10. The topological polar surface area (TPSA) is 50.5 Å². The molecule has 1 amide bonds. The summed E-state index contributed by atoms with van der Waals surface area (Å²) in [6, 6.07) is 4.03. The number of halogens is 1. The van der Waals surface area contributed by atoms with Gasteiger partial charge in [-0.3, -0.25) is 4.79 Å². The van der Waals surface area contributed by atoms with Crippen molar-refractivity contribution in [3.05, 3.63) is 50.0 Å². The van der Waals surface area contributed by atoms with Gasteiger partial charge in [0.1, 0.15) is 0 Å². The maximum absolute atomic E-state index is 12.9. The van der Waals surface area contributed by atoms with Crippen molar-refractivity contribution in [3.63, 3.8) is 0 Å². The minimum Gasteiger partial charge on any atom is -0.330 e. The molecule has 118 valence electrons. The largest absolute Gasteiger partial charge is 0.330 e. The molecule has 0 radical (unpaired) electrons. The number of aromatic nitrogens is 3. The summed E-state index contributed by atoms with van der Waals surface area (Å²) in [6.45, 7) is 4.94. The molecule has 3 aromatic rings. The highest BCUT2D eigenvalue weighted by atomic mass is 79.9. The Morgan fingerprint density at radius 2 is 2.26 bits per heavy atom. The number of rotatable bonds is 1. The summed E-state index contributed by atoms with van der Waals surface area (Å²) in [5.41, 5.74) is 2.39. The fraction of sp³-hybridized carbons (Fsp3) is 0.312. The summed E-state index contributed by atoms with van der Waals surface area (Å²) in [4.78, 5) is 21.8. The van der Waals surface area contributed by atoms with E-state index in [-0.39, 0.29) is 11.9 Å². The minimum absolute atomic E-state index is 0.0337. The van der Waals surface area contributed by atoms with E-state index in [1.165, 1.54) is 15.3 Å². The Labute approximate surface area is 146 Å². The minimum atomic E-state index is -0.0337. The first-order valence-corrected chi connectivity index (χ1v) is 9.05. The van der Waals surface area contributed by atoms with E-state index in [0.717, 1.165) is 17.4 Å². The van der Waals surface area contributed by atoms with E-state index in [1.807, 2.05) is 16.2 Å². The lowest BCUT2D eigenvalue weighted by molar-refractivity contribution is 0.0673. The third kappa shape index (κ3) is 2.48. The van der Waals surface area contributed by atoms with E-state index in [9.17, 15) is 4.79 Å². The van der Waals surface area contributed by atoms with Gasteiger partial charge < -0.3 is 4.90 Å². The molecule has 5 nitrogen and oxygen atoms in total. The summed E-state index contributed by atoms with van der Waals surface area (Å²) in [5, 5.41) is 4.38. The molecule has 0 N–H and O–H groups in total. The van der Waals surface area contributed by atoms with Gasteiger partial charge in [0.2, 0.25) is 0 Å². The quantitative estimate of drug-likeness (QED) is 0.637. The van der Waals surface area contributed by atoms with Crippen LogP contribution < -0.4 is 0 Å². The van der Waals surface area contributed by atoms with Gasteiger partial charge in [0.15, 0.2) is 11.3 Å². The van der Waals surface area contributed by atoms with Crippen LogP contribution in [0.2, 0.25) is 0 Å². The Kier molecular flexibility index (Phi) is 3.50. The van der Waals surface area contributed by atoms with Crippen molar-refractivity contribution in [2.45, 2.75) is 26.3 Å². The molecule has 0 aliphatic carbocycles. The van der Waals surface area contributed by atoms with Gasteiger partial charge in [0, 0.05) is 34.8 Å². The molecular weight excluding hydrogens is 376 g/mol. The number of hydrogen-bond donors (Lipinski definition) is 0. The molecule has 0 saturated heterocycles. The second-order valence-corrected chi connectivity index (χ2v) is 8.02. The Morgan fingerprint density at radius 3 is 3.09 bits per heavy atom. The van der Waals surface area contributed by atoms with Gasteiger partial charge in [-0.15, -0.1) is 11.3 Å². The summed E-state index contributed by atoms with van der Waals surface area (Å²) < 4.78 is 2.46. The third-order valence-electron chi connectivity index (χ3n) is 4.22. The molecule has 7 heteroatoms. The molecule has 4 heterocycles. The van der Waals surface area contributed by atoms with Gasteiger partial charge in [-0.2, -0.15) is 5.10 Å². The van der Waals surface area contributed by atoms with Crippen LogP contribution in [0.5, 0.6) is 0 Å². The first kappa shape index (κ1) is 14.8. The SMILES string of the molecule is Cc1cc2c(s1)CCN(C(=O)c1cc3ncc(Br)cn3n1)C2C. The molecule has 1 aliphatic heterocycles. The maximum atomic E-state index is 12.9. The lowest BCUT2D eigenvalue weighted by Crippen LogP contribution is -2.38. The Hall–Kier alpha value is -1.73. The van der Waals surface area contributed by atoms with Gasteiger partial charge in [-0.25, -0.2) is 9.50 Å². The third-order valence-corrected chi connectivity index (χ3v) is 5.76. The van der Waals surface area contributed by atoms with Crippen molar-refractivity contribution in [2.24, 2.45) is 0 Å². The molecule has 0 spiro atoms. The van der Waals surface area contributed by atoms with Crippen LogP contribution in [0.1, 0.15) is 38.8 Å². The molecule has 4 rings (SSSR count). The number of aryl methyl sites for hydroxylation is 1. The molecule has 1 atom stereocenters. The lowest BCUT2D eigenvalue weighted by atomic mass is 10.0. The van der Waals surface area contributed by atoms with Gasteiger partial charge >= 0.3 is 0 Å². The van der Waals surface area contributed by atoms with Crippen molar-refractivity contribution in [1.82, 2.24) is 19.5 Å². The van der Waals surface area contributed by atoms with E-state index in [2.05, 4.69) is 45.9 Å². The predicted molar refractivity (Wildman–Crippen MR) is 92.9 cm³/mol. The zero-order chi connectivity index (χ0) is 16.1. The molecular formula is C16H15BrN4OS.